The van der Waals surface area contributed by atoms with Gasteiger partial charge in [-0.25, -0.2) is 9.59 Å². The van der Waals surface area contributed by atoms with Crippen molar-refractivity contribution in [1.29, 1.82) is 0 Å². The molecule has 3 rings (SSSR count). The number of rotatable bonds is 4. The van der Waals surface area contributed by atoms with Crippen LogP contribution in [0.1, 0.15) is 30.9 Å². The molecule has 0 amide bonds. The standard InChI is InChI=1S/C19H31N3.C2H2O4/c1-3-20-12-14-22(15-13-20)19-8-10-21(11-9-19)16-18-7-5-4-6-17(18)2;3-1(4)2(5)6/h4-7,19H,3,8-16H2,1-2H3;(H,3,4)(H,5,6). The van der Waals surface area contributed by atoms with Gasteiger partial charge in [-0.15, -0.1) is 0 Å². The Bertz CT molecular complexity index is 624. The highest BCUT2D eigenvalue weighted by Crippen LogP contribution is 2.20. The lowest BCUT2D eigenvalue weighted by Gasteiger charge is -2.42. The maximum Gasteiger partial charge on any atom is 0.414 e. The second-order valence-electron chi connectivity index (χ2n) is 7.51. The van der Waals surface area contributed by atoms with E-state index < -0.39 is 11.9 Å². The van der Waals surface area contributed by atoms with E-state index in [0.717, 1.165) is 12.6 Å². The van der Waals surface area contributed by atoms with Crippen LogP contribution in [0.4, 0.5) is 0 Å². The van der Waals surface area contributed by atoms with Gasteiger partial charge in [0.1, 0.15) is 0 Å². The van der Waals surface area contributed by atoms with E-state index in [4.69, 9.17) is 19.8 Å². The molecule has 0 aliphatic carbocycles. The van der Waals surface area contributed by atoms with Crippen LogP contribution in [0, 0.1) is 6.92 Å². The molecule has 0 aromatic heterocycles. The van der Waals surface area contributed by atoms with Crippen molar-refractivity contribution in [2.24, 2.45) is 0 Å². The van der Waals surface area contributed by atoms with Gasteiger partial charge in [0.2, 0.25) is 0 Å². The summed E-state index contributed by atoms with van der Waals surface area (Å²) in [6.07, 6.45) is 2.69. The Balaban J connectivity index is 0.000000409. The molecular weight excluding hydrogens is 358 g/mol. The first-order chi connectivity index (χ1) is 13.4. The van der Waals surface area contributed by atoms with Crippen molar-refractivity contribution in [3.63, 3.8) is 0 Å². The van der Waals surface area contributed by atoms with Crippen molar-refractivity contribution < 1.29 is 19.8 Å². The number of likely N-dealkylation sites (N-methyl/N-ethyl adjacent to an activating group) is 1. The SMILES string of the molecule is CCN1CCN(C2CCN(Cc3ccccc3C)CC2)CC1.O=C(O)C(=O)O. The Morgan fingerprint density at radius 3 is 2.00 bits per heavy atom. The highest BCUT2D eigenvalue weighted by Gasteiger charge is 2.27. The van der Waals surface area contributed by atoms with Crippen LogP contribution in [0.15, 0.2) is 24.3 Å². The minimum atomic E-state index is -1.82. The quantitative estimate of drug-likeness (QED) is 0.757. The Kier molecular flexibility index (Phi) is 8.89. The molecule has 7 heteroatoms. The number of aliphatic carboxylic acids is 2. The normalized spacial score (nSPS) is 19.6. The zero-order valence-electron chi connectivity index (χ0n) is 17.0. The lowest BCUT2D eigenvalue weighted by molar-refractivity contribution is -0.159. The summed E-state index contributed by atoms with van der Waals surface area (Å²) in [5.74, 6) is -3.65. The Labute approximate surface area is 167 Å². The third kappa shape index (κ3) is 6.89. The Hall–Kier alpha value is -1.96. The minimum Gasteiger partial charge on any atom is -0.473 e. The van der Waals surface area contributed by atoms with Gasteiger partial charge in [-0.3, -0.25) is 9.80 Å². The first-order valence-corrected chi connectivity index (χ1v) is 10.1. The molecule has 2 heterocycles. The van der Waals surface area contributed by atoms with Crippen LogP contribution in [0.25, 0.3) is 0 Å². The molecule has 2 N–H and O–H groups in total. The van der Waals surface area contributed by atoms with Crippen LogP contribution in [0.2, 0.25) is 0 Å². The fourth-order valence-corrected chi connectivity index (χ4v) is 3.92. The van der Waals surface area contributed by atoms with Crippen LogP contribution in [0.5, 0.6) is 0 Å². The highest BCUT2D eigenvalue weighted by atomic mass is 16.4. The number of hydrogen-bond donors (Lipinski definition) is 2. The second-order valence-corrected chi connectivity index (χ2v) is 7.51. The number of likely N-dealkylation sites (tertiary alicyclic amines) is 1. The minimum absolute atomic E-state index is 0.826. The van der Waals surface area contributed by atoms with E-state index >= 15 is 0 Å². The first-order valence-electron chi connectivity index (χ1n) is 10.1. The number of hydrogen-bond acceptors (Lipinski definition) is 5. The number of piperidine rings is 1. The van der Waals surface area contributed by atoms with Gasteiger partial charge >= 0.3 is 11.9 Å². The van der Waals surface area contributed by atoms with E-state index in [2.05, 4.69) is 52.8 Å². The largest absolute Gasteiger partial charge is 0.473 e. The van der Waals surface area contributed by atoms with Gasteiger partial charge in [0, 0.05) is 38.8 Å². The number of benzene rings is 1. The molecule has 7 nitrogen and oxygen atoms in total. The van der Waals surface area contributed by atoms with Crippen LogP contribution < -0.4 is 0 Å². The lowest BCUT2D eigenvalue weighted by Crippen LogP contribution is -2.53. The monoisotopic (exact) mass is 391 g/mol. The van der Waals surface area contributed by atoms with Crippen molar-refractivity contribution in [3.8, 4) is 0 Å². The highest BCUT2D eigenvalue weighted by molar-refractivity contribution is 6.27. The van der Waals surface area contributed by atoms with Gasteiger partial charge in [0.25, 0.3) is 0 Å². The average Bonchev–Trinajstić information content (AvgIpc) is 2.71. The lowest BCUT2D eigenvalue weighted by atomic mass is 10.0. The van der Waals surface area contributed by atoms with E-state index in [0.29, 0.717) is 0 Å². The summed E-state index contributed by atoms with van der Waals surface area (Å²) in [6, 6.07) is 9.65. The van der Waals surface area contributed by atoms with Gasteiger partial charge in [-0.05, 0) is 50.5 Å². The van der Waals surface area contributed by atoms with Crippen molar-refractivity contribution in [2.75, 3.05) is 45.8 Å². The number of carbonyl (C=O) groups is 2. The molecule has 2 fully saturated rings. The number of carboxylic acid groups (broad SMARTS) is 2. The molecule has 28 heavy (non-hydrogen) atoms. The summed E-state index contributed by atoms with van der Waals surface area (Å²) in [4.78, 5) is 26.2. The van der Waals surface area contributed by atoms with Gasteiger partial charge in [-0.1, -0.05) is 31.2 Å². The Morgan fingerprint density at radius 2 is 1.50 bits per heavy atom. The zero-order valence-corrected chi connectivity index (χ0v) is 17.0. The van der Waals surface area contributed by atoms with E-state index in [9.17, 15) is 0 Å². The second kappa shape index (κ2) is 11.1. The first kappa shape index (κ1) is 22.3. The molecule has 2 saturated heterocycles. The molecular formula is C21H33N3O4. The predicted molar refractivity (Wildman–Crippen MR) is 108 cm³/mol. The molecule has 1 aromatic carbocycles. The summed E-state index contributed by atoms with van der Waals surface area (Å²) in [5.41, 5.74) is 2.93. The average molecular weight is 392 g/mol. The summed E-state index contributed by atoms with van der Waals surface area (Å²) in [5, 5.41) is 14.8. The maximum absolute atomic E-state index is 9.10. The number of aryl methyl sites for hydroxylation is 1. The summed E-state index contributed by atoms with van der Waals surface area (Å²) < 4.78 is 0. The summed E-state index contributed by atoms with van der Waals surface area (Å²) in [7, 11) is 0. The van der Waals surface area contributed by atoms with Crippen LogP contribution in [0.3, 0.4) is 0 Å². The van der Waals surface area contributed by atoms with Crippen LogP contribution in [-0.4, -0.2) is 88.7 Å². The fourth-order valence-electron chi connectivity index (χ4n) is 3.92. The number of carboxylic acids is 2. The molecule has 2 aliphatic heterocycles. The van der Waals surface area contributed by atoms with Crippen molar-refractivity contribution >= 4 is 11.9 Å². The number of nitrogens with zero attached hydrogens (tertiary/aromatic N) is 3. The molecule has 0 saturated carbocycles. The summed E-state index contributed by atoms with van der Waals surface area (Å²) in [6.45, 7) is 14.4. The summed E-state index contributed by atoms with van der Waals surface area (Å²) >= 11 is 0. The van der Waals surface area contributed by atoms with Gasteiger partial charge in [-0.2, -0.15) is 0 Å². The van der Waals surface area contributed by atoms with Gasteiger partial charge in [0.05, 0.1) is 0 Å². The molecule has 1 aromatic rings. The topological polar surface area (TPSA) is 84.3 Å². The number of piperazine rings is 1. The van der Waals surface area contributed by atoms with E-state index in [1.54, 1.807) is 0 Å². The van der Waals surface area contributed by atoms with Crippen molar-refractivity contribution in [3.05, 3.63) is 35.4 Å². The van der Waals surface area contributed by atoms with Crippen LogP contribution in [-0.2, 0) is 16.1 Å². The van der Waals surface area contributed by atoms with E-state index in [1.165, 1.54) is 69.8 Å². The molecule has 2 aliphatic rings. The third-order valence-electron chi connectivity index (χ3n) is 5.77. The van der Waals surface area contributed by atoms with Gasteiger partial charge < -0.3 is 15.1 Å². The molecule has 0 atom stereocenters. The molecule has 156 valence electrons. The van der Waals surface area contributed by atoms with E-state index in [-0.39, 0.29) is 0 Å². The predicted octanol–water partition coefficient (Wildman–Crippen LogP) is 1.75. The smallest absolute Gasteiger partial charge is 0.414 e. The van der Waals surface area contributed by atoms with Gasteiger partial charge in [0.15, 0.2) is 0 Å². The fraction of sp³-hybridized carbons (Fsp3) is 0.619. The van der Waals surface area contributed by atoms with Crippen molar-refractivity contribution in [1.82, 2.24) is 14.7 Å². The van der Waals surface area contributed by atoms with Crippen LogP contribution >= 0.6 is 0 Å². The zero-order chi connectivity index (χ0) is 20.5. The molecule has 0 unspecified atom stereocenters. The molecule has 0 bridgehead atoms. The van der Waals surface area contributed by atoms with E-state index in [1.807, 2.05) is 0 Å². The Morgan fingerprint density at radius 1 is 0.929 bits per heavy atom. The maximum atomic E-state index is 9.10. The third-order valence-corrected chi connectivity index (χ3v) is 5.77. The molecule has 0 radical (unpaired) electrons. The van der Waals surface area contributed by atoms with Crippen molar-refractivity contribution in [2.45, 2.75) is 39.3 Å². The molecule has 0 spiro atoms.